The summed E-state index contributed by atoms with van der Waals surface area (Å²) < 4.78 is 0. The van der Waals surface area contributed by atoms with Gasteiger partial charge in [-0.3, -0.25) is 19.7 Å². The Morgan fingerprint density at radius 2 is 1.96 bits per heavy atom. The van der Waals surface area contributed by atoms with Crippen LogP contribution in [0.4, 0.5) is 0 Å². The molecule has 1 atom stereocenters. The molecule has 2 heterocycles. The Bertz CT molecular complexity index is 688. The molecule has 1 N–H and O–H groups in total. The van der Waals surface area contributed by atoms with Gasteiger partial charge in [-0.05, 0) is 35.4 Å². The van der Waals surface area contributed by atoms with E-state index in [0.717, 1.165) is 17.5 Å². The van der Waals surface area contributed by atoms with E-state index in [1.165, 1.54) is 0 Å². The molecule has 1 aromatic rings. The Morgan fingerprint density at radius 1 is 1.22 bits per heavy atom. The van der Waals surface area contributed by atoms with Crippen LogP contribution in [0, 0.1) is 5.41 Å². The van der Waals surface area contributed by atoms with Crippen LogP contribution in [-0.4, -0.2) is 28.7 Å². The number of carbonyl (C=O) groups excluding carboxylic acids is 3. The van der Waals surface area contributed by atoms with Gasteiger partial charge in [-0.15, -0.1) is 0 Å². The molecule has 0 spiro atoms. The van der Waals surface area contributed by atoms with E-state index in [1.54, 1.807) is 4.90 Å². The molecule has 0 bridgehead atoms. The molecule has 5 heteroatoms. The molecule has 0 aliphatic carbocycles. The molecule has 23 heavy (non-hydrogen) atoms. The zero-order valence-electron chi connectivity index (χ0n) is 13.8. The molecule has 0 aromatic heterocycles. The quantitative estimate of drug-likeness (QED) is 0.850. The highest BCUT2D eigenvalue weighted by Crippen LogP contribution is 2.30. The zero-order chi connectivity index (χ0) is 16.8. The largest absolute Gasteiger partial charge is 0.322 e. The molecule has 3 amide bonds. The van der Waals surface area contributed by atoms with Gasteiger partial charge in [0.05, 0.1) is 0 Å². The molecule has 1 saturated heterocycles. The van der Waals surface area contributed by atoms with Gasteiger partial charge in [0.15, 0.2) is 0 Å². The lowest BCUT2D eigenvalue weighted by molar-refractivity contribution is -0.136. The lowest BCUT2D eigenvalue weighted by Gasteiger charge is -2.29. The Labute approximate surface area is 136 Å². The third-order valence-electron chi connectivity index (χ3n) is 4.33. The van der Waals surface area contributed by atoms with Gasteiger partial charge in [-0.2, -0.15) is 0 Å². The maximum absolute atomic E-state index is 12.7. The number of rotatable bonds is 2. The van der Waals surface area contributed by atoms with Crippen molar-refractivity contribution in [2.75, 3.05) is 0 Å². The molecule has 5 nitrogen and oxygen atoms in total. The SMILES string of the molecule is CC(C)(C)Cc1ccc2c(c1)C(=O)N(C1CCC(=O)NC1=O)C2. The fraction of sp³-hybridized carbons (Fsp3) is 0.500. The van der Waals surface area contributed by atoms with Gasteiger partial charge in [0.25, 0.3) is 5.91 Å². The van der Waals surface area contributed by atoms with Crippen LogP contribution >= 0.6 is 0 Å². The first-order valence-electron chi connectivity index (χ1n) is 8.01. The predicted octanol–water partition coefficient (Wildman–Crippen LogP) is 2.04. The second kappa shape index (κ2) is 5.48. The van der Waals surface area contributed by atoms with Crippen LogP contribution in [0.2, 0.25) is 0 Å². The lowest BCUT2D eigenvalue weighted by atomic mass is 9.87. The molecule has 0 radical (unpaired) electrons. The Hall–Kier alpha value is -2.17. The van der Waals surface area contributed by atoms with Crippen molar-refractivity contribution in [1.29, 1.82) is 0 Å². The zero-order valence-corrected chi connectivity index (χ0v) is 13.8. The second-order valence-electron chi connectivity index (χ2n) is 7.63. The van der Waals surface area contributed by atoms with Crippen molar-refractivity contribution < 1.29 is 14.4 Å². The Balaban J connectivity index is 1.82. The normalized spacial score (nSPS) is 21.4. The van der Waals surface area contributed by atoms with Crippen molar-refractivity contribution in [3.63, 3.8) is 0 Å². The van der Waals surface area contributed by atoms with Gasteiger partial charge in [0.1, 0.15) is 6.04 Å². The van der Waals surface area contributed by atoms with Crippen LogP contribution in [0.5, 0.6) is 0 Å². The van der Waals surface area contributed by atoms with E-state index in [1.807, 2.05) is 12.1 Å². The first-order chi connectivity index (χ1) is 10.7. The highest BCUT2D eigenvalue weighted by atomic mass is 16.2. The Morgan fingerprint density at radius 3 is 2.61 bits per heavy atom. The third-order valence-corrected chi connectivity index (χ3v) is 4.33. The van der Waals surface area contributed by atoms with Gasteiger partial charge < -0.3 is 4.90 Å². The number of amides is 3. The van der Waals surface area contributed by atoms with Gasteiger partial charge in [0, 0.05) is 18.5 Å². The van der Waals surface area contributed by atoms with E-state index >= 15 is 0 Å². The number of imide groups is 1. The minimum atomic E-state index is -0.543. The van der Waals surface area contributed by atoms with Gasteiger partial charge in [-0.25, -0.2) is 0 Å². The average molecular weight is 314 g/mol. The molecule has 122 valence electrons. The van der Waals surface area contributed by atoms with E-state index in [0.29, 0.717) is 18.5 Å². The minimum Gasteiger partial charge on any atom is -0.322 e. The van der Waals surface area contributed by atoms with E-state index in [-0.39, 0.29) is 29.6 Å². The second-order valence-corrected chi connectivity index (χ2v) is 7.63. The first-order valence-corrected chi connectivity index (χ1v) is 8.01. The molecular weight excluding hydrogens is 292 g/mol. The molecular formula is C18H22N2O3. The van der Waals surface area contributed by atoms with Crippen molar-refractivity contribution in [1.82, 2.24) is 10.2 Å². The van der Waals surface area contributed by atoms with Gasteiger partial charge in [0.2, 0.25) is 11.8 Å². The summed E-state index contributed by atoms with van der Waals surface area (Å²) in [5, 5.41) is 2.32. The van der Waals surface area contributed by atoms with Crippen molar-refractivity contribution in [3.8, 4) is 0 Å². The summed E-state index contributed by atoms with van der Waals surface area (Å²) in [5.41, 5.74) is 2.93. The van der Waals surface area contributed by atoms with Gasteiger partial charge >= 0.3 is 0 Å². The minimum absolute atomic E-state index is 0.106. The van der Waals surface area contributed by atoms with Crippen LogP contribution in [-0.2, 0) is 22.6 Å². The smallest absolute Gasteiger partial charge is 0.255 e. The molecule has 2 aliphatic rings. The van der Waals surface area contributed by atoms with Gasteiger partial charge in [-0.1, -0.05) is 32.9 Å². The summed E-state index contributed by atoms with van der Waals surface area (Å²) in [4.78, 5) is 37.6. The molecule has 3 rings (SSSR count). The number of carbonyl (C=O) groups is 3. The fourth-order valence-corrected chi connectivity index (χ4v) is 3.32. The number of fused-ring (bicyclic) bond motifs is 1. The predicted molar refractivity (Wildman–Crippen MR) is 85.6 cm³/mol. The van der Waals surface area contributed by atoms with Crippen molar-refractivity contribution >= 4 is 17.7 Å². The molecule has 1 aromatic carbocycles. The summed E-state index contributed by atoms with van der Waals surface area (Å²) in [6, 6.07) is 5.46. The topological polar surface area (TPSA) is 66.5 Å². The summed E-state index contributed by atoms with van der Waals surface area (Å²) in [5.74, 6) is -0.731. The third kappa shape index (κ3) is 3.14. The van der Waals surface area contributed by atoms with E-state index in [9.17, 15) is 14.4 Å². The first kappa shape index (κ1) is 15.7. The highest BCUT2D eigenvalue weighted by molar-refractivity contribution is 6.05. The van der Waals surface area contributed by atoms with Crippen LogP contribution in [0.3, 0.4) is 0 Å². The number of hydrogen-bond acceptors (Lipinski definition) is 3. The molecule has 1 fully saturated rings. The van der Waals surface area contributed by atoms with Crippen LogP contribution in [0.15, 0.2) is 18.2 Å². The van der Waals surface area contributed by atoms with Crippen molar-refractivity contribution in [2.45, 2.75) is 52.6 Å². The van der Waals surface area contributed by atoms with E-state index in [2.05, 4.69) is 32.2 Å². The summed E-state index contributed by atoms with van der Waals surface area (Å²) in [6.07, 6.45) is 1.58. The number of piperidine rings is 1. The van der Waals surface area contributed by atoms with E-state index in [4.69, 9.17) is 0 Å². The fourth-order valence-electron chi connectivity index (χ4n) is 3.32. The number of benzene rings is 1. The highest BCUT2D eigenvalue weighted by Gasteiger charge is 2.39. The molecule has 1 unspecified atom stereocenters. The Kier molecular flexibility index (Phi) is 3.74. The monoisotopic (exact) mass is 314 g/mol. The summed E-state index contributed by atoms with van der Waals surface area (Å²) in [6.45, 7) is 6.93. The van der Waals surface area contributed by atoms with Crippen molar-refractivity contribution in [2.24, 2.45) is 5.41 Å². The maximum atomic E-state index is 12.7. The summed E-state index contributed by atoms with van der Waals surface area (Å²) >= 11 is 0. The maximum Gasteiger partial charge on any atom is 0.255 e. The lowest BCUT2D eigenvalue weighted by Crippen LogP contribution is -2.52. The van der Waals surface area contributed by atoms with Crippen LogP contribution < -0.4 is 5.32 Å². The van der Waals surface area contributed by atoms with Crippen molar-refractivity contribution in [3.05, 3.63) is 34.9 Å². The van der Waals surface area contributed by atoms with Crippen LogP contribution in [0.1, 0.15) is 55.1 Å². The standard InChI is InChI=1S/C18H22N2O3/c1-18(2,3)9-11-4-5-12-10-20(17(23)13(12)8-11)14-6-7-15(21)19-16(14)22/h4-5,8,14H,6-7,9-10H2,1-3H3,(H,19,21,22). The molecule has 2 aliphatic heterocycles. The number of nitrogens with one attached hydrogen (secondary N) is 1. The number of nitrogens with zero attached hydrogens (tertiary/aromatic N) is 1. The van der Waals surface area contributed by atoms with E-state index < -0.39 is 6.04 Å². The molecule has 0 saturated carbocycles. The van der Waals surface area contributed by atoms with Crippen LogP contribution in [0.25, 0.3) is 0 Å². The number of hydrogen-bond donors (Lipinski definition) is 1. The average Bonchev–Trinajstić information content (AvgIpc) is 2.74. The summed E-state index contributed by atoms with van der Waals surface area (Å²) in [7, 11) is 0.